The summed E-state index contributed by atoms with van der Waals surface area (Å²) < 4.78 is 27.3. The molecule has 2 rings (SSSR count). The molecule has 2 unspecified atom stereocenters. The third-order valence-corrected chi connectivity index (χ3v) is 6.04. The van der Waals surface area contributed by atoms with Crippen molar-refractivity contribution in [3.8, 4) is 0 Å². The SMILES string of the molecule is Cc1cc(S(=O)(=O)NC2CCC(C)C2)c(C)s1. The second-order valence-corrected chi connectivity index (χ2v) is 8.16. The first-order valence-corrected chi connectivity index (χ1v) is 8.28. The average Bonchev–Trinajstić information content (AvgIpc) is 2.72. The van der Waals surface area contributed by atoms with Crippen LogP contribution in [0.3, 0.4) is 0 Å². The van der Waals surface area contributed by atoms with E-state index >= 15 is 0 Å². The lowest BCUT2D eigenvalue weighted by atomic mass is 10.1. The van der Waals surface area contributed by atoms with Crippen LogP contribution >= 0.6 is 11.3 Å². The summed E-state index contributed by atoms with van der Waals surface area (Å²) in [4.78, 5) is 2.38. The normalized spacial score (nSPS) is 25.4. The van der Waals surface area contributed by atoms with Gasteiger partial charge in [0.05, 0.1) is 4.90 Å². The second kappa shape index (κ2) is 4.71. The molecule has 17 heavy (non-hydrogen) atoms. The molecule has 1 N–H and O–H groups in total. The first-order chi connectivity index (χ1) is 7.88. The zero-order valence-corrected chi connectivity index (χ0v) is 12.1. The van der Waals surface area contributed by atoms with E-state index in [2.05, 4.69) is 11.6 Å². The number of sulfonamides is 1. The lowest BCUT2D eigenvalue weighted by Gasteiger charge is -2.12. The molecule has 0 amide bonds. The predicted molar refractivity (Wildman–Crippen MR) is 70.9 cm³/mol. The summed E-state index contributed by atoms with van der Waals surface area (Å²) in [7, 11) is -3.32. The van der Waals surface area contributed by atoms with Gasteiger partial charge in [-0.05, 0) is 45.1 Å². The Balaban J connectivity index is 2.17. The van der Waals surface area contributed by atoms with E-state index in [4.69, 9.17) is 0 Å². The molecule has 0 bridgehead atoms. The molecule has 1 fully saturated rings. The Morgan fingerprint density at radius 3 is 2.53 bits per heavy atom. The summed E-state index contributed by atoms with van der Waals surface area (Å²) in [5.41, 5.74) is 0. The summed E-state index contributed by atoms with van der Waals surface area (Å²) in [5, 5.41) is 0. The van der Waals surface area contributed by atoms with Crippen molar-refractivity contribution < 1.29 is 8.42 Å². The van der Waals surface area contributed by atoms with Crippen molar-refractivity contribution >= 4 is 21.4 Å². The zero-order valence-electron chi connectivity index (χ0n) is 10.5. The number of hydrogen-bond acceptors (Lipinski definition) is 3. The van der Waals surface area contributed by atoms with Crippen LogP contribution in [0.4, 0.5) is 0 Å². The monoisotopic (exact) mass is 273 g/mol. The molecule has 1 heterocycles. The van der Waals surface area contributed by atoms with Crippen molar-refractivity contribution in [2.45, 2.75) is 51.0 Å². The van der Waals surface area contributed by atoms with Crippen molar-refractivity contribution in [1.82, 2.24) is 4.72 Å². The maximum Gasteiger partial charge on any atom is 0.241 e. The van der Waals surface area contributed by atoms with Gasteiger partial charge in [-0.1, -0.05) is 6.92 Å². The van der Waals surface area contributed by atoms with Gasteiger partial charge in [0.1, 0.15) is 0 Å². The molecule has 1 aliphatic rings. The maximum atomic E-state index is 12.2. The third-order valence-electron chi connectivity index (χ3n) is 3.30. The van der Waals surface area contributed by atoms with Crippen LogP contribution in [0, 0.1) is 19.8 Å². The van der Waals surface area contributed by atoms with Gasteiger partial charge in [0.25, 0.3) is 0 Å². The standard InChI is InChI=1S/C12H19NO2S2/c1-8-4-5-11(6-8)13-17(14,15)12-7-9(2)16-10(12)3/h7-8,11,13H,4-6H2,1-3H3. The van der Waals surface area contributed by atoms with E-state index in [1.807, 2.05) is 13.8 Å². The first kappa shape index (κ1) is 13.1. The predicted octanol–water partition coefficient (Wildman–Crippen LogP) is 2.83. The highest BCUT2D eigenvalue weighted by atomic mass is 32.2. The number of thiophene rings is 1. The van der Waals surface area contributed by atoms with Gasteiger partial charge in [0, 0.05) is 15.8 Å². The third kappa shape index (κ3) is 2.89. The van der Waals surface area contributed by atoms with Gasteiger partial charge < -0.3 is 0 Å². The Labute approximate surface area is 107 Å². The molecule has 0 saturated heterocycles. The van der Waals surface area contributed by atoms with Crippen LogP contribution in [0.25, 0.3) is 0 Å². The summed E-state index contributed by atoms with van der Waals surface area (Å²) in [6.07, 6.45) is 3.04. The van der Waals surface area contributed by atoms with Gasteiger partial charge in [0.15, 0.2) is 0 Å². The van der Waals surface area contributed by atoms with Crippen molar-refractivity contribution in [2.24, 2.45) is 5.92 Å². The van der Waals surface area contributed by atoms with Crippen LogP contribution in [0.5, 0.6) is 0 Å². The molecule has 1 aromatic rings. The maximum absolute atomic E-state index is 12.2. The number of hydrogen-bond donors (Lipinski definition) is 1. The van der Waals surface area contributed by atoms with E-state index in [1.54, 1.807) is 6.07 Å². The highest BCUT2D eigenvalue weighted by Gasteiger charge is 2.27. The highest BCUT2D eigenvalue weighted by molar-refractivity contribution is 7.89. The van der Waals surface area contributed by atoms with Crippen molar-refractivity contribution in [1.29, 1.82) is 0 Å². The number of rotatable bonds is 3. The molecule has 96 valence electrons. The molecule has 3 nitrogen and oxygen atoms in total. The molecule has 0 spiro atoms. The van der Waals surface area contributed by atoms with Gasteiger partial charge in [-0.15, -0.1) is 11.3 Å². The van der Waals surface area contributed by atoms with Crippen LogP contribution in [-0.2, 0) is 10.0 Å². The van der Waals surface area contributed by atoms with E-state index in [-0.39, 0.29) is 6.04 Å². The van der Waals surface area contributed by atoms with Gasteiger partial charge in [0.2, 0.25) is 10.0 Å². The minimum absolute atomic E-state index is 0.120. The molecule has 0 aliphatic heterocycles. The molecule has 1 aliphatic carbocycles. The fourth-order valence-corrected chi connectivity index (χ4v) is 5.31. The minimum Gasteiger partial charge on any atom is -0.208 e. The first-order valence-electron chi connectivity index (χ1n) is 5.98. The van der Waals surface area contributed by atoms with E-state index in [0.29, 0.717) is 10.8 Å². The quantitative estimate of drug-likeness (QED) is 0.920. The molecule has 1 saturated carbocycles. The van der Waals surface area contributed by atoms with Gasteiger partial charge in [-0.25, -0.2) is 13.1 Å². The summed E-state index contributed by atoms with van der Waals surface area (Å²) >= 11 is 1.54. The lowest BCUT2D eigenvalue weighted by Crippen LogP contribution is -2.33. The average molecular weight is 273 g/mol. The van der Waals surface area contributed by atoms with Gasteiger partial charge in [-0.2, -0.15) is 0 Å². The van der Waals surface area contributed by atoms with Crippen molar-refractivity contribution in [3.05, 3.63) is 15.8 Å². The van der Waals surface area contributed by atoms with E-state index in [0.717, 1.165) is 29.0 Å². The van der Waals surface area contributed by atoms with Crippen LogP contribution in [0.1, 0.15) is 35.9 Å². The number of nitrogens with one attached hydrogen (secondary N) is 1. The smallest absolute Gasteiger partial charge is 0.208 e. The zero-order chi connectivity index (χ0) is 12.6. The van der Waals surface area contributed by atoms with Crippen molar-refractivity contribution in [3.63, 3.8) is 0 Å². The molecular formula is C12H19NO2S2. The lowest BCUT2D eigenvalue weighted by molar-refractivity contribution is 0.538. The largest absolute Gasteiger partial charge is 0.241 e. The molecule has 0 radical (unpaired) electrons. The van der Waals surface area contributed by atoms with Crippen LogP contribution in [-0.4, -0.2) is 14.5 Å². The summed E-state index contributed by atoms with van der Waals surface area (Å²) in [6.45, 7) is 5.98. The Hall–Kier alpha value is -0.390. The molecule has 2 atom stereocenters. The Kier molecular flexibility index (Phi) is 3.61. The Bertz CT molecular complexity index is 505. The second-order valence-electron chi connectivity index (χ2n) is 5.01. The van der Waals surface area contributed by atoms with Crippen molar-refractivity contribution in [2.75, 3.05) is 0 Å². The van der Waals surface area contributed by atoms with Crippen LogP contribution in [0.2, 0.25) is 0 Å². The fraction of sp³-hybridized carbons (Fsp3) is 0.667. The number of aryl methyl sites for hydroxylation is 2. The Morgan fingerprint density at radius 1 is 1.35 bits per heavy atom. The van der Waals surface area contributed by atoms with E-state index in [9.17, 15) is 8.42 Å². The molecule has 1 aromatic heterocycles. The summed E-state index contributed by atoms with van der Waals surface area (Å²) in [5.74, 6) is 0.632. The minimum atomic E-state index is -3.32. The Morgan fingerprint density at radius 2 is 2.06 bits per heavy atom. The van der Waals surface area contributed by atoms with E-state index < -0.39 is 10.0 Å². The van der Waals surface area contributed by atoms with Gasteiger partial charge in [-0.3, -0.25) is 0 Å². The van der Waals surface area contributed by atoms with Gasteiger partial charge >= 0.3 is 0 Å². The molecule has 0 aromatic carbocycles. The topological polar surface area (TPSA) is 46.2 Å². The molecule has 5 heteroatoms. The summed E-state index contributed by atoms with van der Waals surface area (Å²) in [6, 6.07) is 1.88. The molecular weight excluding hydrogens is 254 g/mol. The fourth-order valence-electron chi connectivity index (χ4n) is 2.47. The van der Waals surface area contributed by atoms with Crippen LogP contribution < -0.4 is 4.72 Å². The van der Waals surface area contributed by atoms with E-state index in [1.165, 1.54) is 11.3 Å². The highest BCUT2D eigenvalue weighted by Crippen LogP contribution is 2.28. The van der Waals surface area contributed by atoms with Crippen LogP contribution in [0.15, 0.2) is 11.0 Å².